The third kappa shape index (κ3) is 1.77. The van der Waals surface area contributed by atoms with E-state index in [0.29, 0.717) is 5.56 Å². The van der Waals surface area contributed by atoms with E-state index in [1.165, 1.54) is 12.3 Å². The Kier molecular flexibility index (Phi) is 2.63. The first-order valence-corrected chi connectivity index (χ1v) is 4.59. The lowest BCUT2D eigenvalue weighted by atomic mass is 9.73. The minimum absolute atomic E-state index is 0.292. The molecule has 1 N–H and O–H groups in total. The monoisotopic (exact) mass is 197 g/mol. The summed E-state index contributed by atoms with van der Waals surface area (Å²) in [5.74, 6) is -0.465. The minimum Gasteiger partial charge on any atom is -0.385 e. The zero-order chi connectivity index (χ0) is 11.0. The lowest BCUT2D eigenvalue weighted by molar-refractivity contribution is -0.0498. The number of hydrogen-bond acceptors (Lipinski definition) is 2. The van der Waals surface area contributed by atoms with Gasteiger partial charge >= 0.3 is 0 Å². The molecular formula is C11H16FNO. The smallest absolute Gasteiger partial charge is 0.147 e. The van der Waals surface area contributed by atoms with E-state index in [-0.39, 0.29) is 0 Å². The second-order valence-corrected chi connectivity index (χ2v) is 4.68. The van der Waals surface area contributed by atoms with Gasteiger partial charge in [0.25, 0.3) is 0 Å². The standard InChI is InChI=1S/C11H16FNO/c1-10(2,3)11(4,14)8-5-6-13-7-9(8)12/h5-7,14H,1-4H3. The van der Waals surface area contributed by atoms with Gasteiger partial charge in [-0.25, -0.2) is 4.39 Å². The zero-order valence-corrected chi connectivity index (χ0v) is 9.00. The number of hydrogen-bond donors (Lipinski definition) is 1. The molecule has 0 aliphatic rings. The Morgan fingerprint density at radius 2 is 1.86 bits per heavy atom. The second-order valence-electron chi connectivity index (χ2n) is 4.68. The van der Waals surface area contributed by atoms with Gasteiger partial charge in [-0.05, 0) is 18.4 Å². The van der Waals surface area contributed by atoms with Gasteiger partial charge in [0.15, 0.2) is 0 Å². The summed E-state index contributed by atoms with van der Waals surface area (Å²) in [5, 5.41) is 10.2. The normalized spacial score (nSPS) is 16.4. The molecule has 1 unspecified atom stereocenters. The molecule has 0 aromatic carbocycles. The molecule has 78 valence electrons. The molecule has 0 aliphatic carbocycles. The summed E-state index contributed by atoms with van der Waals surface area (Å²) in [6.45, 7) is 7.22. The number of halogens is 1. The molecule has 0 aliphatic heterocycles. The Morgan fingerprint density at radius 3 is 2.29 bits per heavy atom. The number of aromatic nitrogens is 1. The van der Waals surface area contributed by atoms with E-state index in [9.17, 15) is 9.50 Å². The van der Waals surface area contributed by atoms with Crippen molar-refractivity contribution < 1.29 is 9.50 Å². The Bertz CT molecular complexity index is 328. The molecule has 0 bridgehead atoms. The van der Waals surface area contributed by atoms with Gasteiger partial charge in [-0.1, -0.05) is 20.8 Å². The van der Waals surface area contributed by atoms with Crippen LogP contribution in [0.25, 0.3) is 0 Å². The maximum atomic E-state index is 13.4. The van der Waals surface area contributed by atoms with E-state index in [0.717, 1.165) is 6.20 Å². The van der Waals surface area contributed by atoms with Gasteiger partial charge in [0.1, 0.15) is 5.82 Å². The van der Waals surface area contributed by atoms with Crippen molar-refractivity contribution in [3.8, 4) is 0 Å². The van der Waals surface area contributed by atoms with Crippen molar-refractivity contribution >= 4 is 0 Å². The third-order valence-electron chi connectivity index (χ3n) is 2.76. The third-order valence-corrected chi connectivity index (χ3v) is 2.76. The molecule has 3 heteroatoms. The first-order chi connectivity index (χ1) is 6.27. The van der Waals surface area contributed by atoms with Crippen molar-refractivity contribution in [3.63, 3.8) is 0 Å². The van der Waals surface area contributed by atoms with E-state index >= 15 is 0 Å². The average molecular weight is 197 g/mol. The summed E-state index contributed by atoms with van der Waals surface area (Å²) in [6, 6.07) is 1.51. The Balaban J connectivity index is 3.23. The van der Waals surface area contributed by atoms with Gasteiger partial charge in [-0.2, -0.15) is 0 Å². The minimum atomic E-state index is -1.19. The highest BCUT2D eigenvalue weighted by Crippen LogP contribution is 2.39. The highest BCUT2D eigenvalue weighted by molar-refractivity contribution is 5.22. The molecule has 14 heavy (non-hydrogen) atoms. The molecule has 1 atom stereocenters. The maximum absolute atomic E-state index is 13.4. The van der Waals surface area contributed by atoms with Crippen molar-refractivity contribution in [1.82, 2.24) is 4.98 Å². The SMILES string of the molecule is CC(C)(C)C(C)(O)c1ccncc1F. The quantitative estimate of drug-likeness (QED) is 0.750. The Morgan fingerprint density at radius 1 is 1.29 bits per heavy atom. The van der Waals surface area contributed by atoms with Gasteiger partial charge in [0, 0.05) is 11.8 Å². The molecule has 0 radical (unpaired) electrons. The summed E-state index contributed by atoms with van der Waals surface area (Å²) in [7, 11) is 0. The van der Waals surface area contributed by atoms with Crippen molar-refractivity contribution in [2.24, 2.45) is 5.41 Å². The molecule has 1 aromatic rings. The van der Waals surface area contributed by atoms with Crippen LogP contribution in [0, 0.1) is 11.2 Å². The largest absolute Gasteiger partial charge is 0.385 e. The predicted octanol–water partition coefficient (Wildman–Crippen LogP) is 2.47. The molecular weight excluding hydrogens is 181 g/mol. The fraction of sp³-hybridized carbons (Fsp3) is 0.545. The molecule has 1 heterocycles. The van der Waals surface area contributed by atoms with Crippen molar-refractivity contribution in [3.05, 3.63) is 29.8 Å². The van der Waals surface area contributed by atoms with Crippen LogP contribution in [-0.4, -0.2) is 10.1 Å². The summed E-state index contributed by atoms with van der Waals surface area (Å²) in [5.41, 5.74) is -1.32. The van der Waals surface area contributed by atoms with Crippen LogP contribution in [0.15, 0.2) is 18.5 Å². The van der Waals surface area contributed by atoms with E-state index in [4.69, 9.17) is 0 Å². The van der Waals surface area contributed by atoms with Gasteiger partial charge in [0.05, 0.1) is 11.8 Å². The van der Waals surface area contributed by atoms with Crippen molar-refractivity contribution in [1.29, 1.82) is 0 Å². The highest BCUT2D eigenvalue weighted by Gasteiger charge is 2.38. The summed E-state index contributed by atoms with van der Waals surface area (Å²) >= 11 is 0. The molecule has 1 aromatic heterocycles. The molecule has 2 nitrogen and oxygen atoms in total. The lowest BCUT2D eigenvalue weighted by Gasteiger charge is -2.37. The van der Waals surface area contributed by atoms with Gasteiger partial charge in [0.2, 0.25) is 0 Å². The Hall–Kier alpha value is -0.960. The molecule has 0 amide bonds. The topological polar surface area (TPSA) is 33.1 Å². The average Bonchev–Trinajstić information content (AvgIpc) is 2.02. The van der Waals surface area contributed by atoms with Crippen molar-refractivity contribution in [2.75, 3.05) is 0 Å². The molecule has 0 saturated carbocycles. The van der Waals surface area contributed by atoms with Gasteiger partial charge < -0.3 is 5.11 Å². The summed E-state index contributed by atoms with van der Waals surface area (Å²) in [6.07, 6.45) is 2.61. The predicted molar refractivity (Wildman–Crippen MR) is 53.2 cm³/mol. The second kappa shape index (κ2) is 3.31. The van der Waals surface area contributed by atoms with Crippen LogP contribution in [0.2, 0.25) is 0 Å². The van der Waals surface area contributed by atoms with Crippen LogP contribution in [-0.2, 0) is 5.60 Å². The van der Waals surface area contributed by atoms with Crippen LogP contribution >= 0.6 is 0 Å². The Labute approximate surface area is 83.8 Å². The van der Waals surface area contributed by atoms with Crippen LogP contribution < -0.4 is 0 Å². The van der Waals surface area contributed by atoms with Crippen LogP contribution in [0.3, 0.4) is 0 Å². The first-order valence-electron chi connectivity index (χ1n) is 4.59. The van der Waals surface area contributed by atoms with E-state index in [2.05, 4.69) is 4.98 Å². The van der Waals surface area contributed by atoms with E-state index < -0.39 is 16.8 Å². The van der Waals surface area contributed by atoms with Crippen LogP contribution in [0.5, 0.6) is 0 Å². The maximum Gasteiger partial charge on any atom is 0.147 e. The van der Waals surface area contributed by atoms with E-state index in [1.807, 2.05) is 20.8 Å². The molecule has 1 rings (SSSR count). The lowest BCUT2D eigenvalue weighted by Crippen LogP contribution is -2.37. The molecule has 0 saturated heterocycles. The van der Waals surface area contributed by atoms with Gasteiger partial charge in [-0.3, -0.25) is 4.98 Å². The number of pyridine rings is 1. The van der Waals surface area contributed by atoms with Crippen LogP contribution in [0.4, 0.5) is 4.39 Å². The number of aliphatic hydroxyl groups is 1. The summed E-state index contributed by atoms with van der Waals surface area (Å²) in [4.78, 5) is 3.65. The van der Waals surface area contributed by atoms with Crippen molar-refractivity contribution in [2.45, 2.75) is 33.3 Å². The molecule has 0 spiro atoms. The fourth-order valence-electron chi connectivity index (χ4n) is 1.17. The fourth-order valence-corrected chi connectivity index (χ4v) is 1.17. The zero-order valence-electron chi connectivity index (χ0n) is 9.00. The first kappa shape index (κ1) is 11.1. The molecule has 0 fully saturated rings. The van der Waals surface area contributed by atoms with Crippen LogP contribution in [0.1, 0.15) is 33.3 Å². The summed E-state index contributed by atoms with van der Waals surface area (Å²) < 4.78 is 13.4. The highest BCUT2D eigenvalue weighted by atomic mass is 19.1. The van der Waals surface area contributed by atoms with E-state index in [1.54, 1.807) is 6.92 Å². The van der Waals surface area contributed by atoms with Gasteiger partial charge in [-0.15, -0.1) is 0 Å². The number of rotatable bonds is 1. The number of nitrogens with zero attached hydrogens (tertiary/aromatic N) is 1.